The molecule has 1 unspecified atom stereocenters. The highest BCUT2D eigenvalue weighted by atomic mass is 79.9. The highest BCUT2D eigenvalue weighted by molar-refractivity contribution is 9.10. The third-order valence-electron chi connectivity index (χ3n) is 2.94. The maximum atomic E-state index is 13.6. The lowest BCUT2D eigenvalue weighted by Crippen LogP contribution is -2.11. The second-order valence-electron chi connectivity index (χ2n) is 4.28. The second kappa shape index (κ2) is 6.15. The smallest absolute Gasteiger partial charge is 0.146 e. The van der Waals surface area contributed by atoms with Gasteiger partial charge in [0.05, 0.1) is 11.7 Å². The van der Waals surface area contributed by atoms with Crippen molar-refractivity contribution in [3.05, 3.63) is 64.1 Å². The van der Waals surface area contributed by atoms with Crippen LogP contribution in [0.2, 0.25) is 0 Å². The molecule has 0 amide bonds. The van der Waals surface area contributed by atoms with E-state index in [-0.39, 0.29) is 11.7 Å². The summed E-state index contributed by atoms with van der Waals surface area (Å²) in [5.41, 5.74) is 1.23. The van der Waals surface area contributed by atoms with Gasteiger partial charge in [-0.2, -0.15) is 0 Å². The maximum absolute atomic E-state index is 13.6. The first-order valence-electron chi connectivity index (χ1n) is 6.07. The minimum Gasteiger partial charge on any atom is -0.376 e. The topological polar surface area (TPSA) is 12.0 Å². The maximum Gasteiger partial charge on any atom is 0.146 e. The molecule has 0 spiro atoms. The lowest BCUT2D eigenvalue weighted by molar-refractivity contribution is 0.598. The van der Waals surface area contributed by atoms with Crippen molar-refractivity contribution in [1.82, 2.24) is 0 Å². The first kappa shape index (κ1) is 14.0. The summed E-state index contributed by atoms with van der Waals surface area (Å²) in [6.07, 6.45) is 0.775. The van der Waals surface area contributed by atoms with Crippen LogP contribution >= 0.6 is 15.9 Å². The molecule has 0 heterocycles. The van der Waals surface area contributed by atoms with E-state index in [1.165, 1.54) is 6.07 Å². The summed E-state index contributed by atoms with van der Waals surface area (Å²) in [5, 5.41) is 3.04. The Morgan fingerprint density at radius 3 is 2.42 bits per heavy atom. The molecule has 1 atom stereocenters. The van der Waals surface area contributed by atoms with Crippen LogP contribution in [0.3, 0.4) is 0 Å². The Morgan fingerprint density at radius 2 is 1.79 bits per heavy atom. The van der Waals surface area contributed by atoms with Gasteiger partial charge in [0.1, 0.15) is 11.6 Å². The highest BCUT2D eigenvalue weighted by Crippen LogP contribution is 2.26. The molecule has 0 radical (unpaired) electrons. The van der Waals surface area contributed by atoms with Crippen LogP contribution < -0.4 is 5.32 Å². The van der Waals surface area contributed by atoms with Gasteiger partial charge >= 0.3 is 0 Å². The normalized spacial score (nSPS) is 12.2. The number of nitrogens with one attached hydrogen (secondary N) is 1. The zero-order chi connectivity index (χ0) is 13.8. The molecule has 19 heavy (non-hydrogen) atoms. The average Bonchev–Trinajstić information content (AvgIpc) is 2.41. The molecule has 0 fully saturated rings. The largest absolute Gasteiger partial charge is 0.376 e. The zero-order valence-corrected chi connectivity index (χ0v) is 12.0. The molecule has 0 aromatic heterocycles. The highest BCUT2D eigenvalue weighted by Gasteiger charge is 2.12. The van der Waals surface area contributed by atoms with E-state index in [0.29, 0.717) is 0 Å². The molecule has 2 aromatic rings. The molecule has 0 saturated carbocycles. The lowest BCUT2D eigenvalue weighted by atomic mass is 10.0. The van der Waals surface area contributed by atoms with Gasteiger partial charge in [-0.3, -0.25) is 0 Å². The first-order chi connectivity index (χ1) is 9.10. The number of hydrogen-bond acceptors (Lipinski definition) is 1. The van der Waals surface area contributed by atoms with Gasteiger partial charge in [0.2, 0.25) is 0 Å². The molecule has 0 aliphatic carbocycles. The van der Waals surface area contributed by atoms with Crippen molar-refractivity contribution >= 4 is 21.6 Å². The van der Waals surface area contributed by atoms with E-state index in [9.17, 15) is 8.78 Å². The van der Waals surface area contributed by atoms with Crippen LogP contribution in [-0.2, 0) is 0 Å². The van der Waals surface area contributed by atoms with E-state index in [1.807, 2.05) is 31.2 Å². The summed E-state index contributed by atoms with van der Waals surface area (Å²) >= 11 is 3.37. The van der Waals surface area contributed by atoms with Crippen molar-refractivity contribution in [2.24, 2.45) is 0 Å². The predicted octanol–water partition coefficient (Wildman–Crippen LogP) is 5.29. The van der Waals surface area contributed by atoms with Crippen LogP contribution in [-0.4, -0.2) is 0 Å². The summed E-state index contributed by atoms with van der Waals surface area (Å²) in [7, 11) is 0. The predicted molar refractivity (Wildman–Crippen MR) is 77.2 cm³/mol. The van der Waals surface area contributed by atoms with Gasteiger partial charge in [0.15, 0.2) is 0 Å². The van der Waals surface area contributed by atoms with Gasteiger partial charge in [-0.05, 0) is 42.3 Å². The molecule has 100 valence electrons. The van der Waals surface area contributed by atoms with Crippen LogP contribution in [0.4, 0.5) is 14.5 Å². The third-order valence-corrected chi connectivity index (χ3v) is 3.47. The van der Waals surface area contributed by atoms with E-state index in [1.54, 1.807) is 0 Å². The Labute approximate surface area is 119 Å². The van der Waals surface area contributed by atoms with Crippen LogP contribution in [0.25, 0.3) is 0 Å². The van der Waals surface area contributed by atoms with E-state index in [4.69, 9.17) is 0 Å². The Hall–Kier alpha value is -1.42. The van der Waals surface area contributed by atoms with E-state index < -0.39 is 11.6 Å². The van der Waals surface area contributed by atoms with Crippen molar-refractivity contribution in [3.8, 4) is 0 Å². The van der Waals surface area contributed by atoms with Crippen molar-refractivity contribution in [2.75, 3.05) is 5.32 Å². The number of halogens is 3. The molecule has 0 aliphatic heterocycles. The fourth-order valence-electron chi connectivity index (χ4n) is 1.91. The first-order valence-corrected chi connectivity index (χ1v) is 6.86. The third kappa shape index (κ3) is 3.53. The zero-order valence-electron chi connectivity index (χ0n) is 10.5. The number of anilines is 1. The second-order valence-corrected chi connectivity index (χ2v) is 5.20. The standard InChI is InChI=1S/C15H14BrF2N/c1-2-14(10-3-5-11(16)6-4-10)19-15-9-12(17)7-8-13(15)18/h3-9,14,19H,2H2,1H3. The molecule has 0 aliphatic rings. The van der Waals surface area contributed by atoms with Crippen LogP contribution in [0.15, 0.2) is 46.9 Å². The monoisotopic (exact) mass is 325 g/mol. The van der Waals surface area contributed by atoms with Gasteiger partial charge in [-0.25, -0.2) is 8.78 Å². The summed E-state index contributed by atoms with van der Waals surface area (Å²) in [5.74, 6) is -0.897. The van der Waals surface area contributed by atoms with Crippen molar-refractivity contribution in [1.29, 1.82) is 0 Å². The SMILES string of the molecule is CCC(Nc1cc(F)ccc1F)c1ccc(Br)cc1. The average molecular weight is 326 g/mol. The van der Waals surface area contributed by atoms with Crippen LogP contribution in [0.1, 0.15) is 24.9 Å². The molecule has 0 bridgehead atoms. The lowest BCUT2D eigenvalue weighted by Gasteiger charge is -2.19. The van der Waals surface area contributed by atoms with Crippen LogP contribution in [0.5, 0.6) is 0 Å². The fourth-order valence-corrected chi connectivity index (χ4v) is 2.18. The van der Waals surface area contributed by atoms with E-state index in [0.717, 1.165) is 28.6 Å². The summed E-state index contributed by atoms with van der Waals surface area (Å²) in [6.45, 7) is 2.00. The molecule has 0 saturated heterocycles. The van der Waals surface area contributed by atoms with E-state index in [2.05, 4.69) is 21.2 Å². The Bertz CT molecular complexity index is 555. The number of rotatable bonds is 4. The fraction of sp³-hybridized carbons (Fsp3) is 0.200. The van der Waals surface area contributed by atoms with Gasteiger partial charge in [0.25, 0.3) is 0 Å². The van der Waals surface area contributed by atoms with Gasteiger partial charge in [0, 0.05) is 4.47 Å². The van der Waals surface area contributed by atoms with Gasteiger partial charge in [-0.1, -0.05) is 35.0 Å². The van der Waals surface area contributed by atoms with Gasteiger partial charge < -0.3 is 5.32 Å². The Balaban J connectivity index is 2.23. The number of benzene rings is 2. The molecule has 4 heteroatoms. The number of hydrogen-bond donors (Lipinski definition) is 1. The quantitative estimate of drug-likeness (QED) is 0.805. The van der Waals surface area contributed by atoms with E-state index >= 15 is 0 Å². The Kier molecular flexibility index (Phi) is 4.53. The summed E-state index contributed by atoms with van der Waals surface area (Å²) in [6, 6.07) is 11.2. The van der Waals surface area contributed by atoms with Crippen molar-refractivity contribution in [3.63, 3.8) is 0 Å². The summed E-state index contributed by atoms with van der Waals surface area (Å²) < 4.78 is 27.7. The Morgan fingerprint density at radius 1 is 1.11 bits per heavy atom. The summed E-state index contributed by atoms with van der Waals surface area (Å²) in [4.78, 5) is 0. The molecule has 2 rings (SSSR count). The van der Waals surface area contributed by atoms with Crippen molar-refractivity contribution in [2.45, 2.75) is 19.4 Å². The molecule has 2 aromatic carbocycles. The molecule has 1 N–H and O–H groups in total. The molecular formula is C15H14BrF2N. The van der Waals surface area contributed by atoms with Crippen molar-refractivity contribution < 1.29 is 8.78 Å². The van der Waals surface area contributed by atoms with Gasteiger partial charge in [-0.15, -0.1) is 0 Å². The minimum absolute atomic E-state index is 0.0515. The molecular weight excluding hydrogens is 312 g/mol. The minimum atomic E-state index is -0.449. The van der Waals surface area contributed by atoms with Crippen LogP contribution in [0, 0.1) is 11.6 Å². The molecule has 1 nitrogen and oxygen atoms in total.